The largest absolute Gasteiger partial charge is 0.494 e. The lowest BCUT2D eigenvalue weighted by molar-refractivity contribution is -0.155. The molecule has 0 fully saturated rings. The van der Waals surface area contributed by atoms with Crippen molar-refractivity contribution in [2.45, 2.75) is 25.2 Å². The van der Waals surface area contributed by atoms with Gasteiger partial charge in [0.1, 0.15) is 5.76 Å². The van der Waals surface area contributed by atoms with Crippen LogP contribution in [0, 0.1) is 5.82 Å². The van der Waals surface area contributed by atoms with Gasteiger partial charge in [0.2, 0.25) is 0 Å². The van der Waals surface area contributed by atoms with E-state index >= 15 is 0 Å². The van der Waals surface area contributed by atoms with Crippen molar-refractivity contribution in [2.75, 3.05) is 13.7 Å². The molecule has 1 aliphatic heterocycles. The highest BCUT2D eigenvalue weighted by Crippen LogP contribution is 2.35. The molecular weight excluding hydrogens is 360 g/mol. The molecule has 1 N–H and O–H groups in total. The maximum atomic E-state index is 13.8. The minimum absolute atomic E-state index is 0.0232. The fraction of sp³-hybridized carbons (Fsp3) is 0.375. The van der Waals surface area contributed by atoms with Crippen LogP contribution in [0.1, 0.15) is 33.4 Å². The van der Waals surface area contributed by atoms with Gasteiger partial charge in [0, 0.05) is 6.42 Å². The van der Waals surface area contributed by atoms with Crippen LogP contribution in [-0.4, -0.2) is 31.0 Å². The predicted molar refractivity (Wildman–Crippen MR) is 79.1 cm³/mol. The van der Waals surface area contributed by atoms with Crippen LogP contribution in [0.5, 0.6) is 5.75 Å². The molecule has 2 aromatic rings. The number of carbonyl (C=O) groups is 1. The molecular formula is C16H14F4N2O4. The summed E-state index contributed by atoms with van der Waals surface area (Å²) in [5.41, 5.74) is -0.434. The van der Waals surface area contributed by atoms with E-state index in [4.69, 9.17) is 9.26 Å². The number of halogens is 4. The zero-order valence-corrected chi connectivity index (χ0v) is 13.5. The van der Waals surface area contributed by atoms with E-state index in [2.05, 4.69) is 9.89 Å². The highest BCUT2D eigenvalue weighted by atomic mass is 19.4. The number of hydrogen-bond donors (Lipinski definition) is 1. The lowest BCUT2D eigenvalue weighted by Crippen LogP contribution is -2.38. The molecule has 0 spiro atoms. The van der Waals surface area contributed by atoms with Crippen LogP contribution in [0.4, 0.5) is 17.6 Å². The first kappa shape index (κ1) is 18.2. The molecule has 1 aromatic carbocycles. The summed E-state index contributed by atoms with van der Waals surface area (Å²) >= 11 is 0. The van der Waals surface area contributed by atoms with Crippen LogP contribution < -0.4 is 10.1 Å². The van der Waals surface area contributed by atoms with Crippen LogP contribution >= 0.6 is 0 Å². The Morgan fingerprint density at radius 2 is 2.15 bits per heavy atom. The van der Waals surface area contributed by atoms with Gasteiger partial charge in [-0.2, -0.15) is 13.2 Å². The van der Waals surface area contributed by atoms with Gasteiger partial charge in [0.15, 0.2) is 23.3 Å². The molecule has 1 aromatic heterocycles. The molecule has 140 valence electrons. The van der Waals surface area contributed by atoms with E-state index in [0.717, 1.165) is 12.1 Å². The lowest BCUT2D eigenvalue weighted by Gasteiger charge is -2.22. The van der Waals surface area contributed by atoms with Gasteiger partial charge in [0.25, 0.3) is 5.91 Å². The van der Waals surface area contributed by atoms with Gasteiger partial charge in [-0.05, 0) is 17.7 Å². The van der Waals surface area contributed by atoms with Crippen LogP contribution in [-0.2, 0) is 17.8 Å². The Hall–Kier alpha value is -2.62. The molecule has 1 aliphatic rings. The van der Waals surface area contributed by atoms with Gasteiger partial charge in [-0.25, -0.2) is 4.39 Å². The second-order valence-electron chi connectivity index (χ2n) is 5.58. The fourth-order valence-corrected chi connectivity index (χ4v) is 2.62. The summed E-state index contributed by atoms with van der Waals surface area (Å²) in [4.78, 5) is 12.3. The second-order valence-corrected chi connectivity index (χ2v) is 5.58. The molecule has 0 saturated heterocycles. The van der Waals surface area contributed by atoms with Crippen molar-refractivity contribution < 1.29 is 36.4 Å². The quantitative estimate of drug-likeness (QED) is 0.833. The molecule has 0 saturated carbocycles. The molecule has 0 radical (unpaired) electrons. The molecule has 2 heterocycles. The first-order valence-electron chi connectivity index (χ1n) is 7.57. The Morgan fingerprint density at radius 3 is 2.81 bits per heavy atom. The van der Waals surface area contributed by atoms with Crippen LogP contribution in [0.15, 0.2) is 22.7 Å². The summed E-state index contributed by atoms with van der Waals surface area (Å²) in [6, 6.07) is 0.328. The Kier molecular flexibility index (Phi) is 4.86. The fourth-order valence-electron chi connectivity index (χ4n) is 2.62. The molecule has 3 rings (SSSR count). The zero-order chi connectivity index (χ0) is 18.9. The van der Waals surface area contributed by atoms with Crippen molar-refractivity contribution >= 4 is 5.91 Å². The predicted octanol–water partition coefficient (Wildman–Crippen LogP) is 2.93. The van der Waals surface area contributed by atoms with Crippen molar-refractivity contribution in [3.8, 4) is 5.75 Å². The Morgan fingerprint density at radius 1 is 1.38 bits per heavy atom. The van der Waals surface area contributed by atoms with Crippen LogP contribution in [0.3, 0.4) is 0 Å². The van der Waals surface area contributed by atoms with Gasteiger partial charge in [-0.3, -0.25) is 4.79 Å². The molecule has 26 heavy (non-hydrogen) atoms. The average Bonchev–Trinajstić information content (AvgIpc) is 3.02. The molecule has 0 bridgehead atoms. The van der Waals surface area contributed by atoms with E-state index in [9.17, 15) is 22.4 Å². The Labute approximate surface area is 145 Å². The number of carbonyl (C=O) groups excluding carboxylic acids is 1. The molecule has 0 unspecified atom stereocenters. The highest BCUT2D eigenvalue weighted by molar-refractivity contribution is 5.94. The van der Waals surface area contributed by atoms with Gasteiger partial charge in [0.05, 0.1) is 25.9 Å². The molecule has 1 atom stereocenters. The van der Waals surface area contributed by atoms with Crippen molar-refractivity contribution in [3.05, 3.63) is 46.6 Å². The normalized spacial score (nSPS) is 15.3. The minimum Gasteiger partial charge on any atom is -0.494 e. The summed E-state index contributed by atoms with van der Waals surface area (Å²) in [5, 5.41) is 5.38. The third kappa shape index (κ3) is 3.50. The summed E-state index contributed by atoms with van der Waals surface area (Å²) in [6.07, 6.45) is -4.47. The highest BCUT2D eigenvalue weighted by Gasteiger charge is 2.43. The summed E-state index contributed by atoms with van der Waals surface area (Å²) in [5.74, 6) is -1.86. The average molecular weight is 374 g/mol. The summed E-state index contributed by atoms with van der Waals surface area (Å²) < 4.78 is 68.9. The number of ether oxygens (including phenoxy) is 2. The number of nitrogens with zero attached hydrogens (tertiary/aromatic N) is 1. The number of amides is 1. The number of nitrogens with one attached hydrogen (secondary N) is 1. The number of hydrogen-bond acceptors (Lipinski definition) is 5. The minimum atomic E-state index is -4.85. The molecule has 1 amide bonds. The van der Waals surface area contributed by atoms with Crippen molar-refractivity contribution in [1.82, 2.24) is 10.5 Å². The second kappa shape index (κ2) is 6.94. The lowest BCUT2D eigenvalue weighted by atomic mass is 10.0. The van der Waals surface area contributed by atoms with E-state index in [1.165, 1.54) is 7.11 Å². The van der Waals surface area contributed by atoms with Gasteiger partial charge >= 0.3 is 6.18 Å². The van der Waals surface area contributed by atoms with Gasteiger partial charge in [-0.1, -0.05) is 11.2 Å². The van der Waals surface area contributed by atoms with Crippen molar-refractivity contribution in [1.29, 1.82) is 0 Å². The van der Waals surface area contributed by atoms with E-state index in [1.54, 1.807) is 0 Å². The van der Waals surface area contributed by atoms with Crippen molar-refractivity contribution in [2.24, 2.45) is 0 Å². The first-order chi connectivity index (χ1) is 12.3. The number of benzene rings is 1. The number of rotatable bonds is 4. The Bertz CT molecular complexity index is 819. The van der Waals surface area contributed by atoms with E-state index in [1.807, 2.05) is 5.32 Å². The number of alkyl halides is 3. The molecule has 6 nitrogen and oxygen atoms in total. The summed E-state index contributed by atoms with van der Waals surface area (Å²) in [6.45, 7) is 0.398. The van der Waals surface area contributed by atoms with Gasteiger partial charge < -0.3 is 19.3 Å². The third-order valence-corrected chi connectivity index (χ3v) is 3.92. The SMILES string of the molecule is COc1ccc([C@@H](NC(=O)c2noc3c2COCC3)C(F)(F)F)cc1F. The van der Waals surface area contributed by atoms with Crippen LogP contribution in [0.2, 0.25) is 0 Å². The number of methoxy groups -OCH3 is 1. The summed E-state index contributed by atoms with van der Waals surface area (Å²) in [7, 11) is 1.19. The number of aromatic nitrogens is 1. The van der Waals surface area contributed by atoms with Gasteiger partial charge in [-0.15, -0.1) is 0 Å². The van der Waals surface area contributed by atoms with Crippen molar-refractivity contribution in [3.63, 3.8) is 0 Å². The van der Waals surface area contributed by atoms with E-state index in [-0.39, 0.29) is 18.1 Å². The third-order valence-electron chi connectivity index (χ3n) is 3.92. The topological polar surface area (TPSA) is 73.6 Å². The van der Waals surface area contributed by atoms with E-state index in [0.29, 0.717) is 30.4 Å². The van der Waals surface area contributed by atoms with E-state index < -0.39 is 29.5 Å². The zero-order valence-electron chi connectivity index (χ0n) is 13.5. The molecule has 10 heteroatoms. The number of fused-ring (bicyclic) bond motifs is 1. The smallest absolute Gasteiger partial charge is 0.412 e. The first-order valence-corrected chi connectivity index (χ1v) is 7.57. The monoisotopic (exact) mass is 374 g/mol. The maximum absolute atomic E-state index is 13.8. The standard InChI is InChI=1S/C16H14F4N2O4/c1-24-12-3-2-8(6-10(12)17)14(16(18,19)20)21-15(23)13-9-7-25-5-4-11(9)26-22-13/h2-3,6,14H,4-5,7H2,1H3,(H,21,23)/t14-/m1/s1. The maximum Gasteiger partial charge on any atom is 0.412 e. The van der Waals surface area contributed by atoms with Crippen LogP contribution in [0.25, 0.3) is 0 Å². The Balaban J connectivity index is 1.89. The molecule has 0 aliphatic carbocycles.